The van der Waals surface area contributed by atoms with Crippen LogP contribution in [-0.4, -0.2) is 12.9 Å². The van der Waals surface area contributed by atoms with Gasteiger partial charge in [0, 0.05) is 11.3 Å². The van der Waals surface area contributed by atoms with Crippen LogP contribution in [0.15, 0.2) is 36.6 Å². The SMILES string of the molecule is C=CCC1(/C(C)=C\OC)C(=O)C2CCC1(C)C(=C)C2(C)C. The molecule has 3 unspecified atom stereocenters. The first kappa shape index (κ1) is 16.1. The number of methoxy groups -OCH3 is 1. The van der Waals surface area contributed by atoms with Crippen LogP contribution < -0.4 is 0 Å². The van der Waals surface area contributed by atoms with E-state index in [4.69, 9.17) is 4.74 Å². The van der Waals surface area contributed by atoms with Gasteiger partial charge in [-0.25, -0.2) is 0 Å². The summed E-state index contributed by atoms with van der Waals surface area (Å²) in [6.45, 7) is 16.9. The number of fused-ring (bicyclic) bond motifs is 3. The molecule has 3 saturated carbocycles. The maximum Gasteiger partial charge on any atom is 0.148 e. The predicted octanol–water partition coefficient (Wildman–Crippen LogP) is 4.68. The van der Waals surface area contributed by atoms with E-state index in [-0.39, 0.29) is 16.7 Å². The number of rotatable bonds is 4. The average Bonchev–Trinajstić information content (AvgIpc) is 2.40. The van der Waals surface area contributed by atoms with Crippen molar-refractivity contribution in [2.75, 3.05) is 7.11 Å². The van der Waals surface area contributed by atoms with Crippen molar-refractivity contribution in [1.29, 1.82) is 0 Å². The molecule has 0 amide bonds. The molecule has 3 rings (SSSR count). The number of ketones is 1. The van der Waals surface area contributed by atoms with Crippen molar-refractivity contribution in [2.45, 2.75) is 47.0 Å². The molecule has 0 aromatic heterocycles. The lowest BCUT2D eigenvalue weighted by atomic mass is 9.37. The van der Waals surface area contributed by atoms with Crippen LogP contribution in [-0.2, 0) is 9.53 Å². The second kappa shape index (κ2) is 4.86. The fraction of sp³-hybridized carbons (Fsp3) is 0.632. The Bertz CT molecular complexity index is 526. The van der Waals surface area contributed by atoms with Crippen LogP contribution in [0.3, 0.4) is 0 Å². The molecule has 0 aromatic rings. The molecule has 21 heavy (non-hydrogen) atoms. The summed E-state index contributed by atoms with van der Waals surface area (Å²) in [5.41, 5.74) is 1.31. The van der Waals surface area contributed by atoms with Gasteiger partial charge in [0.15, 0.2) is 0 Å². The molecule has 3 atom stereocenters. The molecule has 2 heteroatoms. The molecular weight excluding hydrogens is 260 g/mol. The van der Waals surface area contributed by atoms with Crippen molar-refractivity contribution in [3.05, 3.63) is 36.6 Å². The zero-order valence-corrected chi connectivity index (χ0v) is 14.1. The van der Waals surface area contributed by atoms with Crippen LogP contribution in [0.1, 0.15) is 47.0 Å². The van der Waals surface area contributed by atoms with Gasteiger partial charge in [0.1, 0.15) is 5.78 Å². The summed E-state index contributed by atoms with van der Waals surface area (Å²) in [7, 11) is 1.64. The molecule has 2 bridgehead atoms. The second-order valence-corrected chi connectivity index (χ2v) is 7.42. The summed E-state index contributed by atoms with van der Waals surface area (Å²) in [6, 6.07) is 0. The molecule has 0 heterocycles. The predicted molar refractivity (Wildman–Crippen MR) is 86.8 cm³/mol. The number of allylic oxidation sites excluding steroid dienone is 3. The van der Waals surface area contributed by atoms with Crippen LogP contribution in [0, 0.1) is 22.2 Å². The van der Waals surface area contributed by atoms with Crippen LogP contribution in [0.25, 0.3) is 0 Å². The van der Waals surface area contributed by atoms with Gasteiger partial charge in [0.25, 0.3) is 0 Å². The standard InChI is InChI=1S/C19H28O2/c1-8-10-19(13(2)12-21-7)16(20)15-9-11-18(19,6)14(3)17(15,4)5/h8,12,15H,1,3,9-11H2,2,4-7H3/b13-12-. The lowest BCUT2D eigenvalue weighted by Crippen LogP contribution is -2.63. The Morgan fingerprint density at radius 2 is 2.05 bits per heavy atom. The van der Waals surface area contributed by atoms with Gasteiger partial charge in [-0.3, -0.25) is 4.79 Å². The lowest BCUT2D eigenvalue weighted by molar-refractivity contribution is -0.154. The second-order valence-electron chi connectivity index (χ2n) is 7.42. The van der Waals surface area contributed by atoms with E-state index >= 15 is 0 Å². The Morgan fingerprint density at radius 3 is 2.57 bits per heavy atom. The summed E-state index contributed by atoms with van der Waals surface area (Å²) in [4.78, 5) is 13.4. The van der Waals surface area contributed by atoms with Crippen molar-refractivity contribution in [3.63, 3.8) is 0 Å². The van der Waals surface area contributed by atoms with Crippen molar-refractivity contribution >= 4 is 5.78 Å². The van der Waals surface area contributed by atoms with Gasteiger partial charge < -0.3 is 4.74 Å². The molecule has 0 aromatic carbocycles. The molecule has 3 fully saturated rings. The maximum absolute atomic E-state index is 13.4. The van der Waals surface area contributed by atoms with Gasteiger partial charge in [-0.05, 0) is 37.2 Å². The zero-order chi connectivity index (χ0) is 16.1. The van der Waals surface area contributed by atoms with Gasteiger partial charge in [-0.15, -0.1) is 6.58 Å². The van der Waals surface area contributed by atoms with Crippen molar-refractivity contribution in [1.82, 2.24) is 0 Å². The van der Waals surface area contributed by atoms with Crippen LogP contribution in [0.5, 0.6) is 0 Å². The van der Waals surface area contributed by atoms with E-state index in [1.165, 1.54) is 5.57 Å². The minimum absolute atomic E-state index is 0.0481. The molecule has 0 radical (unpaired) electrons. The Hall–Kier alpha value is -1.31. The highest BCUT2D eigenvalue weighted by atomic mass is 16.5. The number of hydrogen-bond acceptors (Lipinski definition) is 2. The third-order valence-corrected chi connectivity index (χ3v) is 6.35. The first-order valence-electron chi connectivity index (χ1n) is 7.75. The highest BCUT2D eigenvalue weighted by molar-refractivity contribution is 5.95. The molecule has 3 aliphatic carbocycles. The summed E-state index contributed by atoms with van der Waals surface area (Å²) >= 11 is 0. The Labute approximate surface area is 129 Å². The highest BCUT2D eigenvalue weighted by Crippen LogP contribution is 2.69. The summed E-state index contributed by atoms with van der Waals surface area (Å²) in [5.74, 6) is 0.395. The first-order valence-corrected chi connectivity index (χ1v) is 7.75. The summed E-state index contributed by atoms with van der Waals surface area (Å²) in [6.07, 6.45) is 6.22. The smallest absolute Gasteiger partial charge is 0.148 e. The number of carbonyl (C=O) groups excluding carboxylic acids is 1. The zero-order valence-electron chi connectivity index (χ0n) is 14.1. The first-order chi connectivity index (χ1) is 9.70. The Morgan fingerprint density at radius 1 is 1.43 bits per heavy atom. The van der Waals surface area contributed by atoms with Gasteiger partial charge in [-0.1, -0.05) is 39.0 Å². The van der Waals surface area contributed by atoms with E-state index in [0.717, 1.165) is 18.4 Å². The Kier molecular flexibility index (Phi) is 3.72. The fourth-order valence-electron chi connectivity index (χ4n) is 4.98. The number of ether oxygens (including phenoxy) is 1. The van der Waals surface area contributed by atoms with E-state index in [1.54, 1.807) is 13.4 Å². The van der Waals surface area contributed by atoms with Crippen molar-refractivity contribution in [2.24, 2.45) is 22.2 Å². The minimum atomic E-state index is -0.541. The van der Waals surface area contributed by atoms with Crippen molar-refractivity contribution in [3.8, 4) is 0 Å². The summed E-state index contributed by atoms with van der Waals surface area (Å²) in [5, 5.41) is 0. The van der Waals surface area contributed by atoms with Crippen molar-refractivity contribution < 1.29 is 9.53 Å². The molecule has 0 spiro atoms. The minimum Gasteiger partial charge on any atom is -0.504 e. The number of carbonyl (C=O) groups is 1. The van der Waals surface area contributed by atoms with Crippen LogP contribution in [0.4, 0.5) is 0 Å². The normalized spacial score (nSPS) is 38.5. The molecule has 0 aliphatic heterocycles. The molecule has 0 N–H and O–H groups in total. The topological polar surface area (TPSA) is 26.3 Å². The Balaban J connectivity index is 2.72. The third-order valence-electron chi connectivity index (χ3n) is 6.35. The fourth-order valence-corrected chi connectivity index (χ4v) is 4.98. The van der Waals surface area contributed by atoms with Gasteiger partial charge >= 0.3 is 0 Å². The molecule has 116 valence electrons. The van der Waals surface area contributed by atoms with E-state index in [2.05, 4.69) is 33.9 Å². The van der Waals surface area contributed by atoms with Gasteiger partial charge in [-0.2, -0.15) is 0 Å². The van der Waals surface area contributed by atoms with Gasteiger partial charge in [0.05, 0.1) is 18.8 Å². The van der Waals surface area contributed by atoms with Crippen LogP contribution >= 0.6 is 0 Å². The monoisotopic (exact) mass is 288 g/mol. The van der Waals surface area contributed by atoms with E-state index < -0.39 is 5.41 Å². The largest absolute Gasteiger partial charge is 0.504 e. The van der Waals surface area contributed by atoms with Crippen LogP contribution in [0.2, 0.25) is 0 Å². The van der Waals surface area contributed by atoms with Gasteiger partial charge in [0.2, 0.25) is 0 Å². The average molecular weight is 288 g/mol. The number of hydrogen-bond donors (Lipinski definition) is 0. The molecular formula is C19H28O2. The third kappa shape index (κ3) is 1.74. The lowest BCUT2D eigenvalue weighted by Gasteiger charge is -2.64. The molecule has 2 nitrogen and oxygen atoms in total. The highest BCUT2D eigenvalue weighted by Gasteiger charge is 2.67. The van der Waals surface area contributed by atoms with E-state index in [9.17, 15) is 4.79 Å². The maximum atomic E-state index is 13.4. The van der Waals surface area contributed by atoms with E-state index in [1.807, 2.05) is 13.0 Å². The number of Topliss-reactive ketones (excluding diaryl/α,β-unsaturated/α-hetero) is 1. The quantitative estimate of drug-likeness (QED) is 0.554. The summed E-state index contributed by atoms with van der Waals surface area (Å²) < 4.78 is 5.24. The van der Waals surface area contributed by atoms with E-state index in [0.29, 0.717) is 12.2 Å². The molecule has 3 aliphatic rings. The molecule has 0 saturated heterocycles.